The molecule has 0 aliphatic carbocycles. The number of hydrogen-bond acceptors (Lipinski definition) is 4. The summed E-state index contributed by atoms with van der Waals surface area (Å²) in [6, 6.07) is 8.62. The molecule has 1 aromatic carbocycles. The van der Waals surface area contributed by atoms with Gasteiger partial charge >= 0.3 is 0 Å². The standard InChI is InChI=1S/C11H10N2O2S/c12-6-8-5-11(16-7-8)9-3-1-2-4-10(9)13(14)15/h1-5,7H,6,12H2. The van der Waals surface area contributed by atoms with E-state index < -0.39 is 0 Å². The molecule has 0 bridgehead atoms. The first kappa shape index (κ1) is 10.8. The predicted molar refractivity (Wildman–Crippen MR) is 64.3 cm³/mol. The third kappa shape index (κ3) is 1.95. The molecule has 0 fully saturated rings. The van der Waals surface area contributed by atoms with Crippen molar-refractivity contribution in [1.82, 2.24) is 0 Å². The molecular formula is C11H10N2O2S. The van der Waals surface area contributed by atoms with Gasteiger partial charge in [0.25, 0.3) is 5.69 Å². The maximum absolute atomic E-state index is 10.9. The highest BCUT2D eigenvalue weighted by Gasteiger charge is 2.15. The van der Waals surface area contributed by atoms with Gasteiger partial charge in [-0.2, -0.15) is 0 Å². The summed E-state index contributed by atoms with van der Waals surface area (Å²) in [6.07, 6.45) is 0. The molecule has 0 saturated carbocycles. The van der Waals surface area contributed by atoms with Crippen LogP contribution in [-0.2, 0) is 6.54 Å². The minimum Gasteiger partial charge on any atom is -0.326 e. The normalized spacial score (nSPS) is 10.3. The molecule has 0 atom stereocenters. The van der Waals surface area contributed by atoms with E-state index in [1.54, 1.807) is 18.2 Å². The van der Waals surface area contributed by atoms with Gasteiger partial charge in [0, 0.05) is 17.5 Å². The Hall–Kier alpha value is -1.72. The summed E-state index contributed by atoms with van der Waals surface area (Å²) in [4.78, 5) is 11.4. The molecule has 0 aliphatic heterocycles. The van der Waals surface area contributed by atoms with Gasteiger partial charge in [0.15, 0.2) is 0 Å². The van der Waals surface area contributed by atoms with Crippen molar-refractivity contribution in [2.24, 2.45) is 5.73 Å². The van der Waals surface area contributed by atoms with E-state index in [0.717, 1.165) is 10.4 Å². The predicted octanol–water partition coefficient (Wildman–Crippen LogP) is 2.78. The van der Waals surface area contributed by atoms with Crippen LogP contribution < -0.4 is 5.73 Å². The van der Waals surface area contributed by atoms with Crippen molar-refractivity contribution in [1.29, 1.82) is 0 Å². The molecule has 1 aromatic heterocycles. The second kappa shape index (κ2) is 4.42. The summed E-state index contributed by atoms with van der Waals surface area (Å²) in [5.74, 6) is 0. The zero-order chi connectivity index (χ0) is 11.5. The van der Waals surface area contributed by atoms with E-state index in [1.807, 2.05) is 11.4 Å². The molecule has 0 unspecified atom stereocenters. The lowest BCUT2D eigenvalue weighted by atomic mass is 10.1. The number of nitro benzene ring substituents is 1. The van der Waals surface area contributed by atoms with Crippen molar-refractivity contribution in [3.05, 3.63) is 51.4 Å². The van der Waals surface area contributed by atoms with Crippen molar-refractivity contribution >= 4 is 17.0 Å². The first-order valence-electron chi connectivity index (χ1n) is 4.73. The summed E-state index contributed by atoms with van der Waals surface area (Å²) >= 11 is 1.47. The van der Waals surface area contributed by atoms with Crippen LogP contribution in [0.25, 0.3) is 10.4 Å². The number of nitrogens with two attached hydrogens (primary N) is 1. The Morgan fingerprint density at radius 1 is 1.38 bits per heavy atom. The largest absolute Gasteiger partial charge is 0.326 e. The zero-order valence-corrected chi connectivity index (χ0v) is 9.24. The molecule has 0 saturated heterocycles. The smallest absolute Gasteiger partial charge is 0.278 e. The molecule has 0 amide bonds. The molecule has 5 heteroatoms. The Bertz CT molecular complexity index is 522. The SMILES string of the molecule is NCc1csc(-c2ccccc2[N+](=O)[O-])c1. The molecule has 2 N–H and O–H groups in total. The molecular weight excluding hydrogens is 224 g/mol. The summed E-state index contributed by atoms with van der Waals surface area (Å²) in [5, 5.41) is 12.8. The molecule has 2 aromatic rings. The van der Waals surface area contributed by atoms with E-state index in [4.69, 9.17) is 5.73 Å². The lowest BCUT2D eigenvalue weighted by molar-refractivity contribution is -0.384. The fourth-order valence-electron chi connectivity index (χ4n) is 1.47. The highest BCUT2D eigenvalue weighted by molar-refractivity contribution is 7.13. The van der Waals surface area contributed by atoms with Gasteiger partial charge < -0.3 is 5.73 Å². The van der Waals surface area contributed by atoms with Gasteiger partial charge in [-0.05, 0) is 23.1 Å². The lowest BCUT2D eigenvalue weighted by Crippen LogP contribution is -1.93. The average Bonchev–Trinajstić information content (AvgIpc) is 2.77. The van der Waals surface area contributed by atoms with Gasteiger partial charge in [-0.1, -0.05) is 12.1 Å². The Kier molecular flexibility index (Phi) is 2.98. The van der Waals surface area contributed by atoms with Gasteiger partial charge in [0.05, 0.1) is 10.5 Å². The Morgan fingerprint density at radius 3 is 2.75 bits per heavy atom. The van der Waals surface area contributed by atoms with Crippen LogP contribution in [0.15, 0.2) is 35.7 Å². The summed E-state index contributed by atoms with van der Waals surface area (Å²) in [6.45, 7) is 0.455. The number of para-hydroxylation sites is 1. The zero-order valence-electron chi connectivity index (χ0n) is 8.42. The second-order valence-electron chi connectivity index (χ2n) is 3.30. The van der Waals surface area contributed by atoms with Crippen LogP contribution in [0.2, 0.25) is 0 Å². The molecule has 0 aliphatic rings. The van der Waals surface area contributed by atoms with E-state index in [-0.39, 0.29) is 10.6 Å². The Labute approximate surface area is 96.5 Å². The average molecular weight is 234 g/mol. The van der Waals surface area contributed by atoms with Crippen LogP contribution in [0.3, 0.4) is 0 Å². The summed E-state index contributed by atoms with van der Waals surface area (Å²) < 4.78 is 0. The number of nitrogens with zero attached hydrogens (tertiary/aromatic N) is 1. The van der Waals surface area contributed by atoms with Crippen LogP contribution in [0.1, 0.15) is 5.56 Å². The number of benzene rings is 1. The minimum atomic E-state index is -0.364. The van der Waals surface area contributed by atoms with Gasteiger partial charge in [-0.3, -0.25) is 10.1 Å². The molecule has 1 heterocycles. The van der Waals surface area contributed by atoms with Crippen molar-refractivity contribution < 1.29 is 4.92 Å². The maximum Gasteiger partial charge on any atom is 0.278 e. The lowest BCUT2D eigenvalue weighted by Gasteiger charge is -1.98. The summed E-state index contributed by atoms with van der Waals surface area (Å²) in [5.41, 5.74) is 7.29. The van der Waals surface area contributed by atoms with Crippen LogP contribution in [-0.4, -0.2) is 4.92 Å². The highest BCUT2D eigenvalue weighted by Crippen LogP contribution is 2.33. The quantitative estimate of drug-likeness (QED) is 0.655. The van der Waals surface area contributed by atoms with Crippen molar-refractivity contribution in [3.63, 3.8) is 0 Å². The molecule has 16 heavy (non-hydrogen) atoms. The van der Waals surface area contributed by atoms with Crippen molar-refractivity contribution in [2.75, 3.05) is 0 Å². The number of thiophene rings is 1. The molecule has 4 nitrogen and oxygen atoms in total. The van der Waals surface area contributed by atoms with Crippen LogP contribution in [0, 0.1) is 10.1 Å². The third-order valence-corrected chi connectivity index (χ3v) is 3.27. The first-order valence-corrected chi connectivity index (χ1v) is 5.61. The van der Waals surface area contributed by atoms with Gasteiger partial charge in [-0.25, -0.2) is 0 Å². The Morgan fingerprint density at radius 2 is 2.12 bits per heavy atom. The monoisotopic (exact) mass is 234 g/mol. The number of rotatable bonds is 3. The van der Waals surface area contributed by atoms with Crippen LogP contribution in [0.4, 0.5) is 5.69 Å². The van der Waals surface area contributed by atoms with E-state index in [2.05, 4.69) is 0 Å². The molecule has 0 radical (unpaired) electrons. The van der Waals surface area contributed by atoms with Crippen molar-refractivity contribution in [3.8, 4) is 10.4 Å². The van der Waals surface area contributed by atoms with Gasteiger partial charge in [-0.15, -0.1) is 11.3 Å². The molecule has 0 spiro atoms. The minimum absolute atomic E-state index is 0.132. The van der Waals surface area contributed by atoms with Gasteiger partial charge in [0.1, 0.15) is 0 Å². The summed E-state index contributed by atoms with van der Waals surface area (Å²) in [7, 11) is 0. The number of hydrogen-bond donors (Lipinski definition) is 1. The molecule has 82 valence electrons. The topological polar surface area (TPSA) is 69.2 Å². The second-order valence-corrected chi connectivity index (χ2v) is 4.21. The number of nitro groups is 1. The first-order chi connectivity index (χ1) is 7.72. The van der Waals surface area contributed by atoms with E-state index in [1.165, 1.54) is 17.4 Å². The fraction of sp³-hybridized carbons (Fsp3) is 0.0909. The van der Waals surface area contributed by atoms with Crippen LogP contribution in [0.5, 0.6) is 0 Å². The maximum atomic E-state index is 10.9. The Balaban J connectivity index is 2.50. The fourth-order valence-corrected chi connectivity index (χ4v) is 2.43. The highest BCUT2D eigenvalue weighted by atomic mass is 32.1. The van der Waals surface area contributed by atoms with Crippen LogP contribution >= 0.6 is 11.3 Å². The van der Waals surface area contributed by atoms with Crippen molar-refractivity contribution in [2.45, 2.75) is 6.54 Å². The van der Waals surface area contributed by atoms with E-state index in [0.29, 0.717) is 12.1 Å². The third-order valence-electron chi connectivity index (χ3n) is 2.26. The van der Waals surface area contributed by atoms with E-state index in [9.17, 15) is 10.1 Å². The van der Waals surface area contributed by atoms with Gasteiger partial charge in [0.2, 0.25) is 0 Å². The van der Waals surface area contributed by atoms with E-state index >= 15 is 0 Å². The molecule has 2 rings (SSSR count).